The molecule has 2 rings (SSSR count). The summed E-state index contributed by atoms with van der Waals surface area (Å²) in [7, 11) is -3.41. The van der Waals surface area contributed by atoms with Crippen molar-refractivity contribution in [3.63, 3.8) is 0 Å². The minimum Gasteiger partial charge on any atom is -0.386 e. The molecule has 1 fully saturated rings. The second-order valence-corrected chi connectivity index (χ2v) is 6.82. The predicted octanol–water partition coefficient (Wildman–Crippen LogP) is 0.317. The van der Waals surface area contributed by atoms with Gasteiger partial charge in [0.25, 0.3) is 0 Å². The molecule has 0 saturated carbocycles. The van der Waals surface area contributed by atoms with Crippen LogP contribution in [0.15, 0.2) is 35.2 Å². The van der Waals surface area contributed by atoms with E-state index in [4.69, 9.17) is 11.1 Å². The van der Waals surface area contributed by atoms with Crippen molar-refractivity contribution in [2.24, 2.45) is 5.73 Å². The summed E-state index contributed by atoms with van der Waals surface area (Å²) < 4.78 is 26.4. The molecule has 3 N–H and O–H groups in total. The highest BCUT2D eigenvalue weighted by atomic mass is 32.2. The Morgan fingerprint density at radius 1 is 1.20 bits per heavy atom. The van der Waals surface area contributed by atoms with Gasteiger partial charge in [-0.15, -0.1) is 0 Å². The lowest BCUT2D eigenvalue weighted by Crippen LogP contribution is -2.54. The zero-order valence-electron chi connectivity index (χ0n) is 11.5. The molecule has 0 aromatic heterocycles. The van der Waals surface area contributed by atoms with Gasteiger partial charge in [-0.2, -0.15) is 4.31 Å². The first kappa shape index (κ1) is 15.0. The third-order valence-corrected chi connectivity index (χ3v) is 5.56. The second-order valence-electron chi connectivity index (χ2n) is 4.88. The lowest BCUT2D eigenvalue weighted by Gasteiger charge is -2.36. The molecule has 0 radical (unpaired) electrons. The van der Waals surface area contributed by atoms with E-state index < -0.39 is 10.0 Å². The Balaban J connectivity index is 2.06. The summed E-state index contributed by atoms with van der Waals surface area (Å²) in [5.41, 5.74) is 5.49. The maximum atomic E-state index is 12.4. The van der Waals surface area contributed by atoms with Crippen LogP contribution in [0.4, 0.5) is 0 Å². The van der Waals surface area contributed by atoms with E-state index in [1.54, 1.807) is 30.3 Å². The minimum absolute atomic E-state index is 0.115. The number of hydrogen-bond acceptors (Lipinski definition) is 4. The van der Waals surface area contributed by atoms with E-state index in [0.717, 1.165) is 0 Å². The molecule has 0 aliphatic carbocycles. The molecular weight excluding hydrogens is 276 g/mol. The van der Waals surface area contributed by atoms with E-state index in [0.29, 0.717) is 31.1 Å². The number of amidine groups is 1. The van der Waals surface area contributed by atoms with Crippen molar-refractivity contribution in [2.75, 3.05) is 26.2 Å². The van der Waals surface area contributed by atoms with Crippen LogP contribution >= 0.6 is 0 Å². The average molecular weight is 296 g/mol. The summed E-state index contributed by atoms with van der Waals surface area (Å²) in [6.07, 6.45) is 0. The van der Waals surface area contributed by atoms with Crippen LogP contribution in [0.5, 0.6) is 0 Å². The quantitative estimate of drug-likeness (QED) is 0.618. The topological polar surface area (TPSA) is 90.5 Å². The number of sulfonamides is 1. The zero-order valence-corrected chi connectivity index (χ0v) is 12.3. The Hall–Kier alpha value is -1.44. The van der Waals surface area contributed by atoms with E-state index in [1.807, 2.05) is 11.8 Å². The SMILES string of the molecule is CC(C(=N)N)N1CCN(S(=O)(=O)c2ccccc2)CC1. The fraction of sp³-hybridized carbons (Fsp3) is 0.462. The molecule has 0 spiro atoms. The van der Waals surface area contributed by atoms with Crippen molar-refractivity contribution in [3.05, 3.63) is 30.3 Å². The summed E-state index contributed by atoms with van der Waals surface area (Å²) in [6.45, 7) is 3.90. The first-order valence-electron chi connectivity index (χ1n) is 6.56. The van der Waals surface area contributed by atoms with Crippen LogP contribution in [0.3, 0.4) is 0 Å². The summed E-state index contributed by atoms with van der Waals surface area (Å²) >= 11 is 0. The largest absolute Gasteiger partial charge is 0.386 e. The van der Waals surface area contributed by atoms with Gasteiger partial charge < -0.3 is 5.73 Å². The number of nitrogens with two attached hydrogens (primary N) is 1. The molecule has 1 heterocycles. The first-order valence-corrected chi connectivity index (χ1v) is 8.00. The van der Waals surface area contributed by atoms with E-state index in [2.05, 4.69) is 0 Å². The van der Waals surface area contributed by atoms with Crippen molar-refractivity contribution in [1.82, 2.24) is 9.21 Å². The number of nitrogens with zero attached hydrogens (tertiary/aromatic N) is 2. The Bertz CT molecular complexity index is 565. The summed E-state index contributed by atoms with van der Waals surface area (Å²) in [4.78, 5) is 2.35. The molecule has 1 atom stereocenters. The van der Waals surface area contributed by atoms with E-state index in [9.17, 15) is 8.42 Å². The van der Waals surface area contributed by atoms with Gasteiger partial charge in [-0.05, 0) is 19.1 Å². The van der Waals surface area contributed by atoms with E-state index in [1.165, 1.54) is 4.31 Å². The number of piperazine rings is 1. The molecule has 1 aromatic carbocycles. The van der Waals surface area contributed by atoms with Crippen LogP contribution in [0.1, 0.15) is 6.92 Å². The number of nitrogens with one attached hydrogen (secondary N) is 1. The molecule has 20 heavy (non-hydrogen) atoms. The van der Waals surface area contributed by atoms with Gasteiger partial charge in [0.2, 0.25) is 10.0 Å². The third-order valence-electron chi connectivity index (χ3n) is 3.65. The molecule has 0 amide bonds. The van der Waals surface area contributed by atoms with Crippen LogP contribution in [0, 0.1) is 5.41 Å². The van der Waals surface area contributed by atoms with Crippen LogP contribution in [0.25, 0.3) is 0 Å². The molecule has 6 nitrogen and oxygen atoms in total. The Labute approximate surface area is 119 Å². The zero-order chi connectivity index (χ0) is 14.8. The molecule has 1 aromatic rings. The first-order chi connectivity index (χ1) is 9.43. The number of hydrogen-bond donors (Lipinski definition) is 2. The highest BCUT2D eigenvalue weighted by molar-refractivity contribution is 7.89. The molecule has 0 bridgehead atoms. The monoisotopic (exact) mass is 296 g/mol. The molecule has 1 unspecified atom stereocenters. The highest BCUT2D eigenvalue weighted by Crippen LogP contribution is 2.17. The molecule has 1 saturated heterocycles. The fourth-order valence-electron chi connectivity index (χ4n) is 2.27. The average Bonchev–Trinajstić information content (AvgIpc) is 2.47. The van der Waals surface area contributed by atoms with Gasteiger partial charge in [-0.3, -0.25) is 10.3 Å². The van der Waals surface area contributed by atoms with Crippen LogP contribution in [0.2, 0.25) is 0 Å². The van der Waals surface area contributed by atoms with Gasteiger partial charge in [0, 0.05) is 26.2 Å². The lowest BCUT2D eigenvalue weighted by atomic mass is 10.2. The Morgan fingerprint density at radius 3 is 2.25 bits per heavy atom. The summed E-state index contributed by atoms with van der Waals surface area (Å²) in [6, 6.07) is 8.32. The fourth-order valence-corrected chi connectivity index (χ4v) is 3.71. The van der Waals surface area contributed by atoms with Crippen molar-refractivity contribution in [3.8, 4) is 0 Å². The standard InChI is InChI=1S/C13H20N4O2S/c1-11(13(14)15)16-7-9-17(10-8-16)20(18,19)12-5-3-2-4-6-12/h2-6,11H,7-10H2,1H3,(H3,14,15). The van der Waals surface area contributed by atoms with Crippen molar-refractivity contribution in [1.29, 1.82) is 5.41 Å². The number of rotatable bonds is 4. The summed E-state index contributed by atoms with van der Waals surface area (Å²) in [5.74, 6) is 0.115. The van der Waals surface area contributed by atoms with Crippen LogP contribution in [-0.4, -0.2) is 55.7 Å². The summed E-state index contributed by atoms with van der Waals surface area (Å²) in [5, 5.41) is 7.45. The Kier molecular flexibility index (Phi) is 4.42. The van der Waals surface area contributed by atoms with Crippen molar-refractivity contribution < 1.29 is 8.42 Å². The third kappa shape index (κ3) is 3.00. The lowest BCUT2D eigenvalue weighted by molar-refractivity contribution is 0.173. The van der Waals surface area contributed by atoms with Gasteiger partial charge in [0.15, 0.2) is 0 Å². The molecule has 1 aliphatic heterocycles. The van der Waals surface area contributed by atoms with Crippen molar-refractivity contribution in [2.45, 2.75) is 17.9 Å². The highest BCUT2D eigenvalue weighted by Gasteiger charge is 2.30. The second kappa shape index (κ2) is 5.90. The van der Waals surface area contributed by atoms with Gasteiger partial charge in [0.05, 0.1) is 10.9 Å². The molecule has 7 heteroatoms. The van der Waals surface area contributed by atoms with Gasteiger partial charge >= 0.3 is 0 Å². The Morgan fingerprint density at radius 2 is 1.75 bits per heavy atom. The van der Waals surface area contributed by atoms with Gasteiger partial charge in [-0.25, -0.2) is 8.42 Å². The van der Waals surface area contributed by atoms with Gasteiger partial charge in [0.1, 0.15) is 5.84 Å². The van der Waals surface area contributed by atoms with Crippen molar-refractivity contribution >= 4 is 15.9 Å². The van der Waals surface area contributed by atoms with Crippen LogP contribution < -0.4 is 5.73 Å². The van der Waals surface area contributed by atoms with E-state index in [-0.39, 0.29) is 11.9 Å². The minimum atomic E-state index is -3.41. The maximum absolute atomic E-state index is 12.4. The maximum Gasteiger partial charge on any atom is 0.243 e. The van der Waals surface area contributed by atoms with Gasteiger partial charge in [-0.1, -0.05) is 18.2 Å². The molecule has 1 aliphatic rings. The molecular formula is C13H20N4O2S. The number of benzene rings is 1. The smallest absolute Gasteiger partial charge is 0.243 e. The normalized spacial score (nSPS) is 19.6. The van der Waals surface area contributed by atoms with E-state index >= 15 is 0 Å². The molecule has 110 valence electrons. The predicted molar refractivity (Wildman–Crippen MR) is 78.1 cm³/mol. The van der Waals surface area contributed by atoms with Crippen LogP contribution in [-0.2, 0) is 10.0 Å².